The van der Waals surface area contributed by atoms with Gasteiger partial charge in [-0.05, 0) is 29.8 Å². The van der Waals surface area contributed by atoms with E-state index in [1.165, 1.54) is 0 Å². The lowest BCUT2D eigenvalue weighted by molar-refractivity contribution is -0.118. The van der Waals surface area contributed by atoms with Crippen molar-refractivity contribution in [2.24, 2.45) is 0 Å². The van der Waals surface area contributed by atoms with Crippen LogP contribution in [0.2, 0.25) is 0 Å². The highest BCUT2D eigenvalue weighted by molar-refractivity contribution is 5.99. The van der Waals surface area contributed by atoms with Gasteiger partial charge in [0.2, 0.25) is 5.91 Å². The molecule has 0 bridgehead atoms. The minimum atomic E-state index is -0.283. The van der Waals surface area contributed by atoms with E-state index in [1.54, 1.807) is 14.2 Å². The van der Waals surface area contributed by atoms with Crippen molar-refractivity contribution < 1.29 is 14.3 Å². The number of para-hydroxylation sites is 1. The summed E-state index contributed by atoms with van der Waals surface area (Å²) in [5.41, 5.74) is 3.77. The summed E-state index contributed by atoms with van der Waals surface area (Å²) in [5.74, 6) is 1.51. The molecule has 1 unspecified atom stereocenters. The second-order valence-electron chi connectivity index (χ2n) is 6.45. The van der Waals surface area contributed by atoms with Crippen molar-refractivity contribution >= 4 is 11.6 Å². The van der Waals surface area contributed by atoms with E-state index in [0.717, 1.165) is 28.1 Å². The monoisotopic (exact) mass is 359 g/mol. The first kappa shape index (κ1) is 17.2. The maximum absolute atomic E-state index is 13.2. The molecule has 1 atom stereocenters. The fourth-order valence-corrected chi connectivity index (χ4v) is 3.82. The molecular formula is C23H21NO3. The summed E-state index contributed by atoms with van der Waals surface area (Å²) in [6, 6.07) is 23.3. The van der Waals surface area contributed by atoms with Crippen molar-refractivity contribution in [2.45, 2.75) is 12.5 Å². The van der Waals surface area contributed by atoms with Gasteiger partial charge in [0.05, 0.1) is 26.7 Å². The Labute approximate surface area is 159 Å². The Bertz CT molecular complexity index is 954. The molecule has 0 aromatic heterocycles. The van der Waals surface area contributed by atoms with Crippen molar-refractivity contribution in [3.05, 3.63) is 89.5 Å². The van der Waals surface area contributed by atoms with Gasteiger partial charge in [-0.1, -0.05) is 48.5 Å². The largest absolute Gasteiger partial charge is 0.496 e. The average Bonchev–Trinajstić information content (AvgIpc) is 2.73. The number of methoxy groups -OCH3 is 2. The fourth-order valence-electron chi connectivity index (χ4n) is 3.82. The van der Waals surface area contributed by atoms with Crippen LogP contribution in [0.15, 0.2) is 72.8 Å². The van der Waals surface area contributed by atoms with Gasteiger partial charge in [0, 0.05) is 16.8 Å². The van der Waals surface area contributed by atoms with Crippen molar-refractivity contribution in [3.8, 4) is 11.5 Å². The van der Waals surface area contributed by atoms with E-state index in [1.807, 2.05) is 77.7 Å². The number of carbonyl (C=O) groups excluding carboxylic acids is 1. The van der Waals surface area contributed by atoms with E-state index < -0.39 is 0 Å². The topological polar surface area (TPSA) is 38.8 Å². The molecule has 1 aliphatic rings. The Morgan fingerprint density at radius 2 is 1.41 bits per heavy atom. The number of benzene rings is 3. The molecule has 0 aliphatic carbocycles. The Kier molecular flexibility index (Phi) is 4.55. The zero-order valence-electron chi connectivity index (χ0n) is 15.4. The third-order valence-corrected chi connectivity index (χ3v) is 4.99. The van der Waals surface area contributed by atoms with Gasteiger partial charge in [0.15, 0.2) is 0 Å². The number of fused-ring (bicyclic) bond motifs is 1. The van der Waals surface area contributed by atoms with E-state index in [2.05, 4.69) is 0 Å². The van der Waals surface area contributed by atoms with Crippen LogP contribution >= 0.6 is 0 Å². The molecule has 0 saturated carbocycles. The highest BCUT2D eigenvalue weighted by Gasteiger charge is 2.38. The fraction of sp³-hybridized carbons (Fsp3) is 0.174. The zero-order chi connectivity index (χ0) is 18.8. The van der Waals surface area contributed by atoms with Gasteiger partial charge < -0.3 is 14.4 Å². The number of hydrogen-bond donors (Lipinski definition) is 0. The standard InChI is InChI=1S/C23H21NO3/c1-26-19-13-14-20(27-2)22-18(19)15-21(25)24(17-11-7-4-8-12-17)23(22)16-9-5-3-6-10-16/h3-14,23H,15H2,1-2H3. The first-order valence-corrected chi connectivity index (χ1v) is 8.90. The smallest absolute Gasteiger partial charge is 0.232 e. The third-order valence-electron chi connectivity index (χ3n) is 4.99. The van der Waals surface area contributed by atoms with Crippen LogP contribution in [0.25, 0.3) is 0 Å². The SMILES string of the molecule is COc1ccc(OC)c2c1CC(=O)N(c1ccccc1)C2c1ccccc1. The summed E-state index contributed by atoms with van der Waals surface area (Å²) in [7, 11) is 3.29. The molecule has 0 radical (unpaired) electrons. The van der Waals surface area contributed by atoms with E-state index in [-0.39, 0.29) is 18.4 Å². The van der Waals surface area contributed by atoms with E-state index in [9.17, 15) is 4.79 Å². The summed E-state index contributed by atoms with van der Waals surface area (Å²) in [6.07, 6.45) is 0.272. The lowest BCUT2D eigenvalue weighted by Crippen LogP contribution is -2.41. The second-order valence-corrected chi connectivity index (χ2v) is 6.45. The zero-order valence-corrected chi connectivity index (χ0v) is 15.4. The van der Waals surface area contributed by atoms with Crippen LogP contribution in [-0.2, 0) is 11.2 Å². The summed E-state index contributed by atoms with van der Waals surface area (Å²) in [5, 5.41) is 0. The second kappa shape index (κ2) is 7.16. The molecule has 27 heavy (non-hydrogen) atoms. The van der Waals surface area contributed by atoms with Gasteiger partial charge >= 0.3 is 0 Å². The molecule has 4 nitrogen and oxygen atoms in total. The predicted octanol–water partition coefficient (Wildman–Crippen LogP) is 4.38. The van der Waals surface area contributed by atoms with Crippen molar-refractivity contribution in [3.63, 3.8) is 0 Å². The highest BCUT2D eigenvalue weighted by atomic mass is 16.5. The number of nitrogens with zero attached hydrogens (tertiary/aromatic N) is 1. The molecule has 0 N–H and O–H groups in total. The van der Waals surface area contributed by atoms with Crippen LogP contribution in [0, 0.1) is 0 Å². The van der Waals surface area contributed by atoms with Crippen LogP contribution in [0.5, 0.6) is 11.5 Å². The predicted molar refractivity (Wildman–Crippen MR) is 105 cm³/mol. The van der Waals surface area contributed by atoms with Crippen molar-refractivity contribution in [1.82, 2.24) is 0 Å². The third kappa shape index (κ3) is 2.93. The van der Waals surface area contributed by atoms with Crippen LogP contribution < -0.4 is 14.4 Å². The molecule has 1 aliphatic heterocycles. The molecule has 1 amide bonds. The normalized spacial score (nSPS) is 16.0. The molecular weight excluding hydrogens is 338 g/mol. The molecule has 0 spiro atoms. The maximum Gasteiger partial charge on any atom is 0.232 e. The summed E-state index contributed by atoms with van der Waals surface area (Å²) in [4.78, 5) is 15.1. The molecule has 4 heteroatoms. The highest BCUT2D eigenvalue weighted by Crippen LogP contribution is 2.45. The van der Waals surface area contributed by atoms with E-state index in [0.29, 0.717) is 5.75 Å². The molecule has 1 heterocycles. The number of rotatable bonds is 4. The van der Waals surface area contributed by atoms with Gasteiger partial charge in [-0.3, -0.25) is 4.79 Å². The first-order valence-electron chi connectivity index (χ1n) is 8.90. The quantitative estimate of drug-likeness (QED) is 0.694. The number of carbonyl (C=O) groups is 1. The van der Waals surface area contributed by atoms with Gasteiger partial charge in [0.25, 0.3) is 0 Å². The molecule has 4 rings (SSSR count). The Morgan fingerprint density at radius 3 is 2.04 bits per heavy atom. The van der Waals surface area contributed by atoms with Crippen molar-refractivity contribution in [2.75, 3.05) is 19.1 Å². The van der Waals surface area contributed by atoms with Crippen LogP contribution in [-0.4, -0.2) is 20.1 Å². The summed E-state index contributed by atoms with van der Waals surface area (Å²) in [6.45, 7) is 0. The number of anilines is 1. The minimum absolute atomic E-state index is 0.0362. The minimum Gasteiger partial charge on any atom is -0.496 e. The molecule has 136 valence electrons. The Hall–Kier alpha value is -3.27. The summed E-state index contributed by atoms with van der Waals surface area (Å²) >= 11 is 0. The van der Waals surface area contributed by atoms with Gasteiger partial charge in [-0.15, -0.1) is 0 Å². The first-order chi connectivity index (χ1) is 13.2. The lowest BCUT2D eigenvalue weighted by Gasteiger charge is -2.38. The van der Waals surface area contributed by atoms with Gasteiger partial charge in [-0.25, -0.2) is 0 Å². The number of ether oxygens (including phenoxy) is 2. The Morgan fingerprint density at radius 1 is 0.815 bits per heavy atom. The van der Waals surface area contributed by atoms with E-state index in [4.69, 9.17) is 9.47 Å². The van der Waals surface area contributed by atoms with Gasteiger partial charge in [-0.2, -0.15) is 0 Å². The molecule has 0 saturated heterocycles. The summed E-state index contributed by atoms with van der Waals surface area (Å²) < 4.78 is 11.2. The molecule has 3 aromatic carbocycles. The molecule has 0 fully saturated rings. The van der Waals surface area contributed by atoms with Gasteiger partial charge in [0.1, 0.15) is 11.5 Å². The average molecular weight is 359 g/mol. The maximum atomic E-state index is 13.2. The van der Waals surface area contributed by atoms with E-state index >= 15 is 0 Å². The lowest BCUT2D eigenvalue weighted by atomic mass is 9.86. The van der Waals surface area contributed by atoms with Crippen LogP contribution in [0.1, 0.15) is 22.7 Å². The van der Waals surface area contributed by atoms with Crippen LogP contribution in [0.4, 0.5) is 5.69 Å². The van der Waals surface area contributed by atoms with Crippen molar-refractivity contribution in [1.29, 1.82) is 0 Å². The molecule has 3 aromatic rings. The number of amides is 1. The Balaban J connectivity index is 2.00. The number of hydrogen-bond acceptors (Lipinski definition) is 3. The van der Waals surface area contributed by atoms with Crippen LogP contribution in [0.3, 0.4) is 0 Å².